The van der Waals surface area contributed by atoms with Crippen LogP contribution in [0.4, 0.5) is 8.78 Å². The number of nitrogens with one attached hydrogen (secondary N) is 2. The molecule has 2 N–H and O–H groups in total. The monoisotopic (exact) mass is 1210 g/mol. The molecule has 0 aliphatic carbocycles. The quantitative estimate of drug-likeness (QED) is 0.0338. The van der Waals surface area contributed by atoms with Crippen LogP contribution in [-0.2, 0) is 48.0 Å². The second-order valence-electron chi connectivity index (χ2n) is 20.9. The van der Waals surface area contributed by atoms with Crippen molar-refractivity contribution in [2.24, 2.45) is 5.92 Å². The maximum atomic E-state index is 16.5. The van der Waals surface area contributed by atoms with E-state index in [9.17, 15) is 43.4 Å². The highest BCUT2D eigenvalue weighted by molar-refractivity contribution is 8.13. The molecule has 23 heteroatoms. The second kappa shape index (κ2) is 29.2. The van der Waals surface area contributed by atoms with Gasteiger partial charge in [0.25, 0.3) is 5.91 Å². The summed E-state index contributed by atoms with van der Waals surface area (Å²) in [6, 6.07) is 20.3. The highest BCUT2D eigenvalue weighted by atomic mass is 32.2. The van der Waals surface area contributed by atoms with Gasteiger partial charge in [0.15, 0.2) is 10.2 Å². The molecule has 0 spiro atoms. The molecule has 0 bridgehead atoms. The molecule has 0 radical (unpaired) electrons. The van der Waals surface area contributed by atoms with Crippen LogP contribution < -0.4 is 20.1 Å². The number of piperidine rings is 1. The fraction of sp³-hybridized carbons (Fsp3) is 0.525. The first-order valence-electron chi connectivity index (χ1n) is 28.2. The maximum absolute atomic E-state index is 16.5. The number of nitrogens with zero attached hydrogens (tertiary/aromatic N) is 3. The lowest BCUT2D eigenvalue weighted by Crippen LogP contribution is -2.56. The molecule has 4 aliphatic rings. The Balaban J connectivity index is 0.858. The van der Waals surface area contributed by atoms with Crippen LogP contribution in [0.1, 0.15) is 142 Å². The number of fused-ring (bicyclic) bond motifs is 2. The molecule has 4 aliphatic heterocycles. The molecule has 4 saturated heterocycles. The molecular formula is C59H70F2N5O12PS3. The smallest absolute Gasteiger partial charge is 0.404 e. The molecule has 3 aromatic carbocycles. The first-order valence-corrected chi connectivity index (χ1v) is 32.6. The number of carbonyl (C=O) groups is 7. The van der Waals surface area contributed by atoms with E-state index in [4.69, 9.17) is 18.5 Å². The van der Waals surface area contributed by atoms with Gasteiger partial charge >= 0.3 is 13.3 Å². The third-order valence-electron chi connectivity index (χ3n) is 15.2. The molecule has 5 amide bonds. The molecule has 6 atom stereocenters. The van der Waals surface area contributed by atoms with E-state index < -0.39 is 55.9 Å². The van der Waals surface area contributed by atoms with Gasteiger partial charge < -0.3 is 33.6 Å². The summed E-state index contributed by atoms with van der Waals surface area (Å²) in [5.74, 6) is -1.67. The lowest BCUT2D eigenvalue weighted by atomic mass is 9.90. The summed E-state index contributed by atoms with van der Waals surface area (Å²) in [6.45, 7) is 4.09. The predicted molar refractivity (Wildman–Crippen MR) is 310 cm³/mol. The molecular weight excluding hydrogens is 1140 g/mol. The third kappa shape index (κ3) is 15.5. The minimum atomic E-state index is -5.25. The number of imide groups is 1. The zero-order valence-corrected chi connectivity index (χ0v) is 49.5. The van der Waals surface area contributed by atoms with Crippen LogP contribution in [0.3, 0.4) is 0 Å². The van der Waals surface area contributed by atoms with Crippen LogP contribution in [0, 0.1) is 17.2 Å². The Morgan fingerprint density at radius 3 is 2.16 bits per heavy atom. The average Bonchev–Trinajstić information content (AvgIpc) is 4.38. The van der Waals surface area contributed by atoms with E-state index in [1.165, 1.54) is 12.1 Å². The highest BCUT2D eigenvalue weighted by Crippen LogP contribution is 2.67. The molecule has 5 heterocycles. The number of carbonyl (C=O) groups excluding carboxylic acids is 7. The van der Waals surface area contributed by atoms with Crippen LogP contribution in [0.25, 0.3) is 10.1 Å². The number of amides is 5. The first kappa shape index (κ1) is 62.4. The number of rotatable bonds is 26. The first-order chi connectivity index (χ1) is 39.5. The van der Waals surface area contributed by atoms with Gasteiger partial charge in [-0.25, -0.2) is 0 Å². The van der Waals surface area contributed by atoms with Gasteiger partial charge in [-0.3, -0.25) is 43.4 Å². The SMILES string of the molecule is CCCC(=O)SCCOP(=O)(OCCSC(=O)CCC)C(F)(F)c1ccc2sc(C(=O)NC3CCCC[C@H]4CC[C@@H](C(=O)N5CC(c6cccc(OCCCCOc7ccc(C8CCC(=O)NC8=O)cc7)c6)[C@H](C#N)C5)N4C3=O)cc2c1. The number of likely N-dealkylation sites (tertiary alicyclic amines) is 1. The van der Waals surface area contributed by atoms with Crippen molar-refractivity contribution in [3.8, 4) is 17.6 Å². The van der Waals surface area contributed by atoms with E-state index in [1.807, 2.05) is 62.4 Å². The summed E-state index contributed by atoms with van der Waals surface area (Å²) in [4.78, 5) is 94.6. The molecule has 1 aromatic heterocycles. The number of alkyl halides is 2. The van der Waals surface area contributed by atoms with Gasteiger partial charge in [-0.1, -0.05) is 80.5 Å². The fourth-order valence-electron chi connectivity index (χ4n) is 10.9. The lowest BCUT2D eigenvalue weighted by Gasteiger charge is -2.36. The van der Waals surface area contributed by atoms with Gasteiger partial charge in [0.05, 0.1) is 49.2 Å². The highest BCUT2D eigenvalue weighted by Gasteiger charge is 2.55. The number of nitriles is 1. The number of halogens is 2. The van der Waals surface area contributed by atoms with Crippen molar-refractivity contribution in [3.63, 3.8) is 0 Å². The molecule has 4 fully saturated rings. The Bertz CT molecular complexity index is 3020. The topological polar surface area (TPSA) is 228 Å². The second-order valence-corrected chi connectivity index (χ2v) is 26.4. The van der Waals surface area contributed by atoms with E-state index in [0.717, 1.165) is 71.0 Å². The Kier molecular flexibility index (Phi) is 22.2. The van der Waals surface area contributed by atoms with Crippen molar-refractivity contribution < 1.29 is 65.4 Å². The average molecular weight is 1210 g/mol. The standard InChI is InChI=1S/C59H70F2N5O12PS3/c1-3-10-53(68)80-30-28-77-79(74,78-29-31-81-54(69)11-4-2)59(60,61)42-18-24-50-40(32-42)34-51(82-50)56(71)63-48-15-6-5-13-43-19-23-49(66(43)57(48)72)58(73)65-36-41(35-62)47(37-65)39-12-9-14-45(33-39)76-27-8-7-26-75-44-20-16-38(17-21-44)46-22-25-52(67)64-55(46)70/h9,12,14,16-18,20-21,24,32-34,41,43,46-49H,3-8,10-11,13,15,19,22-23,25-31,36-37H2,1-2H3,(H,63,71)(H,64,67,70)/t41-,43+,46?,47?,48?,49+/m1/s1. The van der Waals surface area contributed by atoms with Crippen LogP contribution in [0.2, 0.25) is 0 Å². The minimum Gasteiger partial charge on any atom is -0.494 e. The Labute approximate surface area is 489 Å². The Hall–Kier alpha value is -5.69. The van der Waals surface area contributed by atoms with Crippen molar-refractivity contribution in [2.45, 2.75) is 139 Å². The van der Waals surface area contributed by atoms with Gasteiger partial charge in [0, 0.05) is 66.1 Å². The normalized spacial score (nSPS) is 21.3. The summed E-state index contributed by atoms with van der Waals surface area (Å²) < 4.78 is 70.2. The number of thioether (sulfide) groups is 2. The summed E-state index contributed by atoms with van der Waals surface area (Å²) in [7, 11) is -5.25. The number of thiophene rings is 1. The van der Waals surface area contributed by atoms with E-state index >= 15 is 8.78 Å². The van der Waals surface area contributed by atoms with E-state index in [1.54, 1.807) is 9.80 Å². The molecule has 440 valence electrons. The molecule has 0 saturated carbocycles. The molecule has 4 aromatic rings. The number of ether oxygens (including phenoxy) is 2. The van der Waals surface area contributed by atoms with Crippen LogP contribution in [0.15, 0.2) is 72.8 Å². The van der Waals surface area contributed by atoms with E-state index in [0.29, 0.717) is 93.6 Å². The zero-order chi connectivity index (χ0) is 58.4. The Morgan fingerprint density at radius 1 is 0.805 bits per heavy atom. The zero-order valence-electron chi connectivity index (χ0n) is 46.1. The molecule has 8 rings (SSSR count). The van der Waals surface area contributed by atoms with Crippen molar-refractivity contribution in [3.05, 3.63) is 94.4 Å². The van der Waals surface area contributed by atoms with Gasteiger partial charge in [-0.15, -0.1) is 11.3 Å². The van der Waals surface area contributed by atoms with Gasteiger partial charge in [0.1, 0.15) is 23.6 Å². The summed E-state index contributed by atoms with van der Waals surface area (Å²) in [5, 5.41) is 15.6. The van der Waals surface area contributed by atoms with E-state index in [2.05, 4.69) is 16.7 Å². The van der Waals surface area contributed by atoms with Gasteiger partial charge in [-0.2, -0.15) is 14.0 Å². The van der Waals surface area contributed by atoms with Gasteiger partial charge in [0.2, 0.25) is 23.6 Å². The minimum absolute atomic E-state index is 0.0271. The van der Waals surface area contributed by atoms with Crippen LogP contribution in [0.5, 0.6) is 11.5 Å². The van der Waals surface area contributed by atoms with Crippen molar-refractivity contribution in [1.29, 1.82) is 5.26 Å². The van der Waals surface area contributed by atoms with Crippen molar-refractivity contribution in [2.75, 3.05) is 51.0 Å². The van der Waals surface area contributed by atoms with Crippen LogP contribution >= 0.6 is 42.5 Å². The summed E-state index contributed by atoms with van der Waals surface area (Å²) >= 11 is 2.81. The maximum Gasteiger partial charge on any atom is 0.404 e. The van der Waals surface area contributed by atoms with Gasteiger partial charge in [-0.05, 0) is 117 Å². The van der Waals surface area contributed by atoms with Crippen molar-refractivity contribution in [1.82, 2.24) is 20.4 Å². The number of benzene rings is 3. The lowest BCUT2D eigenvalue weighted by molar-refractivity contribution is -0.146. The number of hydrogen-bond donors (Lipinski definition) is 2. The number of hydrogen-bond acceptors (Lipinski definition) is 16. The molecule has 3 unspecified atom stereocenters. The summed E-state index contributed by atoms with van der Waals surface area (Å²) in [6.07, 6.45) is 7.48. The van der Waals surface area contributed by atoms with Crippen LogP contribution in [-0.4, -0.2) is 119 Å². The third-order valence-corrected chi connectivity index (χ3v) is 20.1. The molecule has 82 heavy (non-hydrogen) atoms. The van der Waals surface area contributed by atoms with E-state index in [-0.39, 0.29) is 99.4 Å². The molecule has 17 nitrogen and oxygen atoms in total. The summed E-state index contributed by atoms with van der Waals surface area (Å²) in [5.41, 5.74) is -3.16. The Morgan fingerprint density at radius 2 is 1.49 bits per heavy atom. The number of unbranched alkanes of at least 4 members (excludes halogenated alkanes) is 1. The fourth-order valence-corrected chi connectivity index (χ4v) is 15.1. The largest absolute Gasteiger partial charge is 0.494 e. The predicted octanol–water partition coefficient (Wildman–Crippen LogP) is 10.9. The van der Waals surface area contributed by atoms with Crippen molar-refractivity contribution >= 4 is 92.3 Å².